The first-order valence-electron chi connectivity index (χ1n) is 7.68. The second-order valence-corrected chi connectivity index (χ2v) is 5.25. The number of hydrogen-bond donors (Lipinski definition) is 1. The van der Waals surface area contributed by atoms with Crippen LogP contribution in [0.15, 0.2) is 60.7 Å². The quantitative estimate of drug-likeness (QED) is 0.765. The molecule has 0 spiro atoms. The van der Waals surface area contributed by atoms with E-state index < -0.39 is 0 Å². The van der Waals surface area contributed by atoms with Crippen molar-refractivity contribution in [2.75, 3.05) is 6.54 Å². The molecule has 1 amide bonds. The average molecular weight is 281 g/mol. The summed E-state index contributed by atoms with van der Waals surface area (Å²) in [5, 5.41) is 3.06. The van der Waals surface area contributed by atoms with Gasteiger partial charge in [-0.2, -0.15) is 0 Å². The Hall–Kier alpha value is -2.09. The zero-order chi connectivity index (χ0) is 14.9. The molecule has 0 saturated heterocycles. The number of carbonyl (C=O) groups excluding carboxylic acids is 1. The minimum Gasteiger partial charge on any atom is -0.356 e. The summed E-state index contributed by atoms with van der Waals surface area (Å²) in [6.45, 7) is 2.79. The van der Waals surface area contributed by atoms with Gasteiger partial charge < -0.3 is 5.32 Å². The number of benzene rings is 2. The van der Waals surface area contributed by atoms with Gasteiger partial charge in [0.1, 0.15) is 0 Å². The van der Waals surface area contributed by atoms with Gasteiger partial charge in [0.2, 0.25) is 5.91 Å². The van der Waals surface area contributed by atoms with Gasteiger partial charge in [0.15, 0.2) is 0 Å². The van der Waals surface area contributed by atoms with Crippen LogP contribution in [-0.2, 0) is 11.2 Å². The van der Waals surface area contributed by atoms with Crippen LogP contribution in [0, 0.1) is 0 Å². The minimum absolute atomic E-state index is 0.0390. The van der Waals surface area contributed by atoms with Crippen LogP contribution in [0.4, 0.5) is 0 Å². The molecule has 2 heteroatoms. The van der Waals surface area contributed by atoms with Gasteiger partial charge in [-0.15, -0.1) is 0 Å². The summed E-state index contributed by atoms with van der Waals surface area (Å²) >= 11 is 0. The number of carbonyl (C=O) groups is 1. The Morgan fingerprint density at radius 1 is 1.00 bits per heavy atom. The fraction of sp³-hybridized carbons (Fsp3) is 0.316. The number of amides is 1. The third-order valence-corrected chi connectivity index (χ3v) is 3.71. The van der Waals surface area contributed by atoms with Crippen LogP contribution in [0.1, 0.15) is 36.8 Å². The summed E-state index contributed by atoms with van der Waals surface area (Å²) in [6, 6.07) is 20.4. The molecule has 0 aliphatic heterocycles. The lowest BCUT2D eigenvalue weighted by Gasteiger charge is -2.15. The van der Waals surface area contributed by atoms with Crippen molar-refractivity contribution in [3.8, 4) is 0 Å². The first-order chi connectivity index (χ1) is 10.3. The fourth-order valence-corrected chi connectivity index (χ4v) is 2.53. The SMILES string of the molecule is CC[C@H](C(=O)NCCCc1ccccc1)c1ccccc1. The van der Waals surface area contributed by atoms with Crippen molar-refractivity contribution in [1.29, 1.82) is 0 Å². The third-order valence-electron chi connectivity index (χ3n) is 3.71. The number of aryl methyl sites for hydroxylation is 1. The Labute approximate surface area is 127 Å². The van der Waals surface area contributed by atoms with Gasteiger partial charge in [0, 0.05) is 6.54 Å². The summed E-state index contributed by atoms with van der Waals surface area (Å²) in [5.41, 5.74) is 2.42. The van der Waals surface area contributed by atoms with Crippen molar-refractivity contribution in [3.05, 3.63) is 71.8 Å². The molecule has 1 atom stereocenters. The maximum absolute atomic E-state index is 12.3. The Kier molecular flexibility index (Phi) is 6.01. The molecule has 0 saturated carbocycles. The predicted molar refractivity (Wildman–Crippen MR) is 87.2 cm³/mol. The molecule has 0 radical (unpaired) electrons. The molecule has 0 aromatic heterocycles. The van der Waals surface area contributed by atoms with Crippen molar-refractivity contribution < 1.29 is 4.79 Å². The van der Waals surface area contributed by atoms with Gasteiger partial charge in [-0.1, -0.05) is 67.6 Å². The number of rotatable bonds is 7. The van der Waals surface area contributed by atoms with Gasteiger partial charge in [-0.25, -0.2) is 0 Å². The zero-order valence-corrected chi connectivity index (χ0v) is 12.6. The largest absolute Gasteiger partial charge is 0.356 e. The van der Waals surface area contributed by atoms with Crippen LogP contribution < -0.4 is 5.32 Å². The van der Waals surface area contributed by atoms with Crippen molar-refractivity contribution in [2.24, 2.45) is 0 Å². The zero-order valence-electron chi connectivity index (χ0n) is 12.6. The van der Waals surface area contributed by atoms with Crippen molar-refractivity contribution in [2.45, 2.75) is 32.1 Å². The molecule has 1 N–H and O–H groups in total. The van der Waals surface area contributed by atoms with E-state index in [9.17, 15) is 4.79 Å². The first-order valence-corrected chi connectivity index (χ1v) is 7.68. The molecule has 2 rings (SSSR count). The highest BCUT2D eigenvalue weighted by Crippen LogP contribution is 2.19. The van der Waals surface area contributed by atoms with E-state index in [1.165, 1.54) is 5.56 Å². The Balaban J connectivity index is 1.78. The molecule has 0 fully saturated rings. The van der Waals surface area contributed by atoms with Crippen LogP contribution in [0.25, 0.3) is 0 Å². The van der Waals surface area contributed by atoms with E-state index in [0.717, 1.165) is 31.4 Å². The van der Waals surface area contributed by atoms with Crippen molar-refractivity contribution in [3.63, 3.8) is 0 Å². The van der Waals surface area contributed by atoms with E-state index in [1.54, 1.807) is 0 Å². The van der Waals surface area contributed by atoms with E-state index in [2.05, 4.69) is 36.5 Å². The second kappa shape index (κ2) is 8.25. The van der Waals surface area contributed by atoms with E-state index in [4.69, 9.17) is 0 Å². The highest BCUT2D eigenvalue weighted by Gasteiger charge is 2.17. The lowest BCUT2D eigenvalue weighted by molar-refractivity contribution is -0.122. The minimum atomic E-state index is -0.0390. The summed E-state index contributed by atoms with van der Waals surface area (Å²) in [7, 11) is 0. The monoisotopic (exact) mass is 281 g/mol. The second-order valence-electron chi connectivity index (χ2n) is 5.25. The first kappa shape index (κ1) is 15.3. The maximum atomic E-state index is 12.3. The molecular weight excluding hydrogens is 258 g/mol. The van der Waals surface area contributed by atoms with E-state index in [1.807, 2.05) is 36.4 Å². The standard InChI is InChI=1S/C19H23NO/c1-2-18(17-13-7-4-8-14-17)19(21)20-15-9-12-16-10-5-3-6-11-16/h3-8,10-11,13-14,18H,2,9,12,15H2,1H3,(H,20,21)/t18-/m0/s1. The lowest BCUT2D eigenvalue weighted by Crippen LogP contribution is -2.30. The smallest absolute Gasteiger partial charge is 0.227 e. The van der Waals surface area contributed by atoms with E-state index in [-0.39, 0.29) is 11.8 Å². The highest BCUT2D eigenvalue weighted by molar-refractivity contribution is 5.83. The molecule has 0 aliphatic carbocycles. The van der Waals surface area contributed by atoms with Crippen LogP contribution in [0.5, 0.6) is 0 Å². The van der Waals surface area contributed by atoms with E-state index in [0.29, 0.717) is 0 Å². The maximum Gasteiger partial charge on any atom is 0.227 e. The summed E-state index contributed by atoms with van der Waals surface area (Å²) in [6.07, 6.45) is 2.80. The van der Waals surface area contributed by atoms with Crippen molar-refractivity contribution >= 4 is 5.91 Å². The molecule has 0 unspecified atom stereocenters. The summed E-state index contributed by atoms with van der Waals surface area (Å²) in [4.78, 5) is 12.3. The van der Waals surface area contributed by atoms with Gasteiger partial charge in [-0.3, -0.25) is 4.79 Å². The Morgan fingerprint density at radius 3 is 2.24 bits per heavy atom. The van der Waals surface area contributed by atoms with Gasteiger partial charge in [-0.05, 0) is 30.4 Å². The van der Waals surface area contributed by atoms with Gasteiger partial charge >= 0.3 is 0 Å². The lowest BCUT2D eigenvalue weighted by atomic mass is 9.95. The van der Waals surface area contributed by atoms with Crippen LogP contribution in [0.3, 0.4) is 0 Å². The van der Waals surface area contributed by atoms with Crippen LogP contribution in [0.2, 0.25) is 0 Å². The molecule has 2 aromatic rings. The van der Waals surface area contributed by atoms with Crippen LogP contribution >= 0.6 is 0 Å². The van der Waals surface area contributed by atoms with Gasteiger partial charge in [0.05, 0.1) is 5.92 Å². The number of nitrogens with one attached hydrogen (secondary N) is 1. The van der Waals surface area contributed by atoms with Gasteiger partial charge in [0.25, 0.3) is 0 Å². The Bertz CT molecular complexity index is 536. The highest BCUT2D eigenvalue weighted by atomic mass is 16.1. The Morgan fingerprint density at radius 2 is 1.62 bits per heavy atom. The molecule has 2 nitrogen and oxygen atoms in total. The molecule has 110 valence electrons. The van der Waals surface area contributed by atoms with Crippen molar-refractivity contribution in [1.82, 2.24) is 5.32 Å². The molecular formula is C19H23NO. The van der Waals surface area contributed by atoms with Crippen LogP contribution in [-0.4, -0.2) is 12.5 Å². The predicted octanol–water partition coefficient (Wildman–Crippen LogP) is 3.93. The molecule has 2 aromatic carbocycles. The molecule has 21 heavy (non-hydrogen) atoms. The normalized spacial score (nSPS) is 11.9. The summed E-state index contributed by atoms with van der Waals surface area (Å²) < 4.78 is 0. The average Bonchev–Trinajstić information content (AvgIpc) is 2.54. The summed E-state index contributed by atoms with van der Waals surface area (Å²) in [5.74, 6) is 0.0969. The number of hydrogen-bond acceptors (Lipinski definition) is 1. The van der Waals surface area contributed by atoms with E-state index >= 15 is 0 Å². The molecule has 0 heterocycles. The third kappa shape index (κ3) is 4.75. The topological polar surface area (TPSA) is 29.1 Å². The fourth-order valence-electron chi connectivity index (χ4n) is 2.53. The molecule has 0 bridgehead atoms. The molecule has 0 aliphatic rings.